The van der Waals surface area contributed by atoms with Crippen LogP contribution in [0.2, 0.25) is 0 Å². The number of amides is 2. The van der Waals surface area contributed by atoms with E-state index in [2.05, 4.69) is 16.0 Å². The number of guanidine groups is 1. The van der Waals surface area contributed by atoms with Gasteiger partial charge in [-0.3, -0.25) is 19.8 Å². The lowest BCUT2D eigenvalue weighted by Gasteiger charge is -2.35. The van der Waals surface area contributed by atoms with Gasteiger partial charge in [0.15, 0.2) is 11.7 Å². The van der Waals surface area contributed by atoms with E-state index in [9.17, 15) is 24.0 Å². The van der Waals surface area contributed by atoms with E-state index in [1.54, 1.807) is 76.2 Å². The van der Waals surface area contributed by atoms with Crippen LogP contribution in [0.1, 0.15) is 51.7 Å². The first kappa shape index (κ1) is 37.4. The maximum Gasteiger partial charge on any atom is 0.345 e. The summed E-state index contributed by atoms with van der Waals surface area (Å²) in [5.41, 5.74) is 14.2. The van der Waals surface area contributed by atoms with Gasteiger partial charge >= 0.3 is 11.6 Å². The molecule has 258 valence electrons. The molecule has 0 fully saturated rings. The molecule has 0 saturated heterocycles. The summed E-state index contributed by atoms with van der Waals surface area (Å²) in [6, 6.07) is 12.7. The molecule has 0 radical (unpaired) electrons. The molecular weight excluding hydrogens is 618 g/mol. The number of rotatable bonds is 16. The van der Waals surface area contributed by atoms with E-state index in [0.29, 0.717) is 10.9 Å². The van der Waals surface area contributed by atoms with Crippen molar-refractivity contribution in [2.24, 2.45) is 29.0 Å². The van der Waals surface area contributed by atoms with Crippen molar-refractivity contribution in [2.45, 2.75) is 70.8 Å². The number of carbonyl (C=O) groups is 4. The molecule has 3 rings (SSSR count). The van der Waals surface area contributed by atoms with Gasteiger partial charge in [0.1, 0.15) is 18.2 Å². The summed E-state index contributed by atoms with van der Waals surface area (Å²) < 4.78 is 11.2. The third-order valence-corrected chi connectivity index (χ3v) is 7.90. The highest BCUT2D eigenvalue weighted by Crippen LogP contribution is 2.29. The van der Waals surface area contributed by atoms with Gasteiger partial charge in [-0.15, -0.1) is 0 Å². The van der Waals surface area contributed by atoms with Crippen LogP contribution in [0.4, 0.5) is 0 Å². The molecule has 0 aliphatic heterocycles. The third-order valence-electron chi connectivity index (χ3n) is 7.90. The zero-order valence-electron chi connectivity index (χ0n) is 27.6. The Morgan fingerprint density at radius 3 is 2.17 bits per heavy atom. The Morgan fingerprint density at radius 1 is 0.917 bits per heavy atom. The monoisotopic (exact) mass is 663 g/mol. The zero-order chi connectivity index (χ0) is 35.6. The van der Waals surface area contributed by atoms with Crippen molar-refractivity contribution >= 4 is 40.5 Å². The summed E-state index contributed by atoms with van der Waals surface area (Å²) in [4.78, 5) is 69.8. The predicted octanol–water partition coefficient (Wildman–Crippen LogP) is 1.13. The lowest BCUT2D eigenvalue weighted by molar-refractivity contribution is -0.161. The smallest absolute Gasteiger partial charge is 0.345 e. The first-order valence-electron chi connectivity index (χ1n) is 15.7. The molecule has 0 bridgehead atoms. The van der Waals surface area contributed by atoms with Crippen LogP contribution in [0, 0.1) is 17.2 Å². The normalized spacial score (nSPS) is 14.4. The van der Waals surface area contributed by atoms with E-state index in [4.69, 9.17) is 31.8 Å². The molecule has 14 heteroatoms. The van der Waals surface area contributed by atoms with Crippen molar-refractivity contribution in [1.29, 1.82) is 5.41 Å². The summed E-state index contributed by atoms with van der Waals surface area (Å²) in [5, 5.41) is 15.5. The molecule has 0 saturated carbocycles. The molecule has 48 heavy (non-hydrogen) atoms. The van der Waals surface area contributed by atoms with Crippen LogP contribution in [0.15, 0.2) is 69.9 Å². The van der Waals surface area contributed by atoms with Crippen molar-refractivity contribution in [3.8, 4) is 0 Å². The average molecular weight is 664 g/mol. The number of hydrogen-bond acceptors (Lipinski definition) is 10. The van der Waals surface area contributed by atoms with Crippen LogP contribution >= 0.6 is 0 Å². The quantitative estimate of drug-likeness (QED) is 0.0286. The topological polar surface area (TPSA) is 246 Å². The van der Waals surface area contributed by atoms with Crippen molar-refractivity contribution in [2.75, 3.05) is 6.54 Å². The second-order valence-electron chi connectivity index (χ2n) is 12.2. The molecule has 1 unspecified atom stereocenters. The van der Waals surface area contributed by atoms with E-state index in [-0.39, 0.29) is 43.5 Å². The summed E-state index contributed by atoms with van der Waals surface area (Å²) >= 11 is 0. The van der Waals surface area contributed by atoms with E-state index >= 15 is 0 Å². The number of ketones is 1. The van der Waals surface area contributed by atoms with Crippen molar-refractivity contribution in [1.82, 2.24) is 16.0 Å². The predicted molar refractivity (Wildman–Crippen MR) is 180 cm³/mol. The Labute approximate surface area is 278 Å². The van der Waals surface area contributed by atoms with Gasteiger partial charge in [0.25, 0.3) is 0 Å². The second kappa shape index (κ2) is 16.7. The second-order valence-corrected chi connectivity index (χ2v) is 12.2. The molecule has 2 amide bonds. The molecular formula is C34H45N7O7. The van der Waals surface area contributed by atoms with Gasteiger partial charge in [0.2, 0.25) is 17.4 Å². The molecule has 2 aromatic carbocycles. The van der Waals surface area contributed by atoms with E-state index in [1.807, 2.05) is 0 Å². The molecule has 1 aromatic heterocycles. The maximum absolute atomic E-state index is 14.5. The van der Waals surface area contributed by atoms with Gasteiger partial charge < -0.3 is 42.3 Å². The van der Waals surface area contributed by atoms with Gasteiger partial charge in [-0.25, -0.2) is 9.59 Å². The van der Waals surface area contributed by atoms with Gasteiger partial charge in [-0.2, -0.15) is 0 Å². The minimum atomic E-state index is -2.79. The van der Waals surface area contributed by atoms with Gasteiger partial charge in [-0.05, 0) is 42.4 Å². The number of fused-ring (bicyclic) bond motifs is 1. The number of carbonyl (C=O) groups excluding carboxylic acids is 4. The number of benzene rings is 2. The number of Topliss-reactive ketones (excluding diaryl/α,β-unsaturated/α-hetero) is 1. The Bertz CT molecular complexity index is 1680. The fourth-order valence-corrected chi connectivity index (χ4v) is 4.87. The summed E-state index contributed by atoms with van der Waals surface area (Å²) in [6.45, 7) is 6.61. The Kier molecular flexibility index (Phi) is 13.0. The Morgan fingerprint density at radius 2 is 1.54 bits per heavy atom. The van der Waals surface area contributed by atoms with Crippen LogP contribution < -0.4 is 38.8 Å². The highest BCUT2D eigenvalue weighted by molar-refractivity contribution is 6.14. The minimum Gasteiger partial charge on any atom is -0.458 e. The fraction of sp³-hybridized carbons (Fsp3) is 0.412. The molecule has 14 nitrogen and oxygen atoms in total. The number of para-hydroxylation sites is 1. The van der Waals surface area contributed by atoms with E-state index in [1.165, 1.54) is 12.1 Å². The van der Waals surface area contributed by atoms with Crippen molar-refractivity contribution < 1.29 is 28.3 Å². The maximum atomic E-state index is 14.5. The molecule has 0 aliphatic carbocycles. The SMILES string of the molecule is CC(C)[C@H](N)C(=O)N[C@@H](CCCNC(=N)N)C(=O)NC(C(=O)OCc1ccccc1)(C(=O)[C@@H](N)C(C)C)c1cc2ccccc2oc1=O. The lowest BCUT2D eigenvalue weighted by Crippen LogP contribution is -2.66. The number of ether oxygens (including phenoxy) is 1. The van der Waals surface area contributed by atoms with Crippen LogP contribution in [-0.2, 0) is 36.1 Å². The highest BCUT2D eigenvalue weighted by atomic mass is 16.5. The minimum absolute atomic E-state index is 0.0332. The third kappa shape index (κ3) is 9.04. The molecule has 0 spiro atoms. The molecule has 3 aromatic rings. The Hall–Kier alpha value is -5.08. The zero-order valence-corrected chi connectivity index (χ0v) is 27.6. The van der Waals surface area contributed by atoms with Crippen LogP contribution in [0.3, 0.4) is 0 Å². The van der Waals surface area contributed by atoms with Crippen LogP contribution in [-0.4, -0.2) is 54.2 Å². The molecule has 0 aliphatic rings. The molecule has 1 heterocycles. The molecule has 4 atom stereocenters. The average Bonchev–Trinajstić information content (AvgIpc) is 3.06. The number of hydrogen-bond donors (Lipinski definition) is 7. The largest absolute Gasteiger partial charge is 0.458 e. The first-order valence-corrected chi connectivity index (χ1v) is 15.7. The number of nitrogens with two attached hydrogens (primary N) is 3. The van der Waals surface area contributed by atoms with E-state index in [0.717, 1.165) is 0 Å². The fourth-order valence-electron chi connectivity index (χ4n) is 4.87. The number of esters is 1. The summed E-state index contributed by atoms with van der Waals surface area (Å²) in [7, 11) is 0. The van der Waals surface area contributed by atoms with E-state index < -0.39 is 64.3 Å². The summed E-state index contributed by atoms with van der Waals surface area (Å²) in [6.07, 6.45) is 0.187. The standard InChI is InChI=1S/C34H45N7O7/c1-19(2)26(35)28(42)34(32(46)47-18-21-11-6-5-7-12-21,23-17-22-13-8-9-15-25(22)48-31(23)45)41-29(43)24(14-10-16-39-33(37)38)40-30(44)27(36)20(3)4/h5-9,11-13,15,17,19-20,24,26-27H,10,14,16,18,35-36H2,1-4H3,(H,40,44)(H,41,43)(H4,37,38,39)/t24-,26-,27-,34?/m0/s1. The van der Waals surface area contributed by atoms with Crippen molar-refractivity contribution in [3.05, 3.63) is 82.2 Å². The molecule has 10 N–H and O–H groups in total. The van der Waals surface area contributed by atoms with Crippen LogP contribution in [0.25, 0.3) is 11.0 Å². The number of nitrogens with one attached hydrogen (secondary N) is 4. The van der Waals surface area contributed by atoms with Gasteiger partial charge in [0, 0.05) is 11.9 Å². The van der Waals surface area contributed by atoms with Gasteiger partial charge in [-0.1, -0.05) is 76.2 Å². The van der Waals surface area contributed by atoms with Gasteiger partial charge in [0.05, 0.1) is 17.6 Å². The summed E-state index contributed by atoms with van der Waals surface area (Å²) in [5.74, 6) is -5.06. The lowest BCUT2D eigenvalue weighted by atomic mass is 9.79. The Balaban J connectivity index is 2.21. The first-order chi connectivity index (χ1) is 22.7. The van der Waals surface area contributed by atoms with Crippen LogP contribution in [0.5, 0.6) is 0 Å². The highest BCUT2D eigenvalue weighted by Gasteiger charge is 2.55. The van der Waals surface area contributed by atoms with Crippen molar-refractivity contribution in [3.63, 3.8) is 0 Å².